The van der Waals surface area contributed by atoms with E-state index in [0.717, 1.165) is 28.3 Å². The van der Waals surface area contributed by atoms with E-state index in [-0.39, 0.29) is 6.61 Å². The number of hydrogen-bond donors (Lipinski definition) is 1. The molecule has 0 radical (unpaired) electrons. The topological polar surface area (TPSA) is 118 Å². The van der Waals surface area contributed by atoms with Crippen LogP contribution in [-0.4, -0.2) is 36.4 Å². The molecular weight excluding hydrogens is 484 g/mol. The van der Waals surface area contributed by atoms with Crippen molar-refractivity contribution in [3.8, 4) is 0 Å². The first-order chi connectivity index (χ1) is 18.5. The summed E-state index contributed by atoms with van der Waals surface area (Å²) >= 11 is 0. The van der Waals surface area contributed by atoms with Gasteiger partial charge in [0.15, 0.2) is 0 Å². The number of rotatable bonds is 5. The van der Waals surface area contributed by atoms with Crippen molar-refractivity contribution in [3.63, 3.8) is 0 Å². The lowest BCUT2D eigenvalue weighted by molar-refractivity contribution is -0.102. The molecular formula is C28H32N6O4. The first-order valence-electron chi connectivity index (χ1n) is 13.5. The molecule has 2 aromatic heterocycles. The fourth-order valence-electron chi connectivity index (χ4n) is 7.77. The number of amides is 2. The van der Waals surface area contributed by atoms with Gasteiger partial charge in [0.1, 0.15) is 13.2 Å². The molecule has 38 heavy (non-hydrogen) atoms. The summed E-state index contributed by atoms with van der Waals surface area (Å²) in [7, 11) is 3.99. The van der Waals surface area contributed by atoms with Crippen LogP contribution in [0.3, 0.4) is 0 Å². The van der Waals surface area contributed by atoms with E-state index >= 15 is 0 Å². The van der Waals surface area contributed by atoms with E-state index < -0.39 is 11.8 Å². The predicted molar refractivity (Wildman–Crippen MR) is 136 cm³/mol. The molecule has 10 heteroatoms. The molecule has 4 aliphatic carbocycles. The summed E-state index contributed by atoms with van der Waals surface area (Å²) in [5, 5.41) is 9.92. The average molecular weight is 517 g/mol. The number of nitrogens with zero attached hydrogens (tertiary/aromatic N) is 5. The molecule has 4 bridgehead atoms. The number of fused-ring (bicyclic) bond motifs is 11. The SMILES string of the molecule is Cn1nc(CON)c2c1C1CCC2C1.Cn1nc(CON2C(=O)c3ccccc3C2=O)c2c1C1CCC2C1. The highest BCUT2D eigenvalue weighted by Crippen LogP contribution is 2.55. The van der Waals surface area contributed by atoms with Gasteiger partial charge >= 0.3 is 0 Å². The Labute approximate surface area is 220 Å². The normalized spacial score (nSPS) is 25.6. The molecule has 4 atom stereocenters. The van der Waals surface area contributed by atoms with Crippen molar-refractivity contribution < 1.29 is 19.3 Å². The van der Waals surface area contributed by atoms with Crippen LogP contribution in [0.5, 0.6) is 0 Å². The van der Waals surface area contributed by atoms with Gasteiger partial charge in [0, 0.05) is 48.4 Å². The van der Waals surface area contributed by atoms with Crippen LogP contribution in [0.1, 0.15) is 117 Å². The standard InChI is InChI=1S/C18H17N3O3.C10H15N3O/c1-20-16-11-7-6-10(8-11)15(16)14(19-20)9-24-21-17(22)12-4-2-3-5-13(12)18(21)23;1-13-10-7-3-2-6(4-7)9(10)8(12-13)5-14-11/h2-5,10-11H,6-9H2,1H3;6-7H,2-5,11H2,1H3. The maximum atomic E-state index is 12.3. The van der Waals surface area contributed by atoms with Crippen LogP contribution >= 0.6 is 0 Å². The Balaban J connectivity index is 0.000000147. The Bertz CT molecular complexity index is 1420. The minimum absolute atomic E-state index is 0.151. The van der Waals surface area contributed by atoms with Crippen molar-refractivity contribution >= 4 is 11.8 Å². The number of benzene rings is 1. The molecule has 10 nitrogen and oxygen atoms in total. The van der Waals surface area contributed by atoms with Crippen molar-refractivity contribution in [1.29, 1.82) is 0 Å². The molecule has 3 heterocycles. The van der Waals surface area contributed by atoms with Crippen molar-refractivity contribution in [2.24, 2.45) is 20.0 Å². The van der Waals surface area contributed by atoms with Gasteiger partial charge in [-0.15, -0.1) is 5.06 Å². The average Bonchev–Trinajstić information content (AvgIpc) is 3.76. The van der Waals surface area contributed by atoms with Crippen LogP contribution < -0.4 is 5.90 Å². The van der Waals surface area contributed by atoms with E-state index in [1.165, 1.54) is 61.0 Å². The van der Waals surface area contributed by atoms with Crippen molar-refractivity contribution in [2.75, 3.05) is 0 Å². The number of imide groups is 1. The monoisotopic (exact) mass is 516 g/mol. The van der Waals surface area contributed by atoms with Gasteiger partial charge in [0.25, 0.3) is 11.8 Å². The largest absolute Gasteiger partial charge is 0.298 e. The maximum absolute atomic E-state index is 12.3. The highest BCUT2D eigenvalue weighted by molar-refractivity contribution is 6.20. The van der Waals surface area contributed by atoms with Crippen molar-refractivity contribution in [1.82, 2.24) is 24.6 Å². The second-order valence-corrected chi connectivity index (χ2v) is 11.2. The number of carbonyl (C=O) groups excluding carboxylic acids is 2. The molecule has 0 spiro atoms. The number of nitrogens with two attached hydrogens (primary N) is 1. The molecule has 1 aliphatic heterocycles. The lowest BCUT2D eigenvalue weighted by Crippen LogP contribution is -2.30. The molecule has 8 rings (SSSR count). The van der Waals surface area contributed by atoms with Gasteiger partial charge in [-0.1, -0.05) is 12.1 Å². The summed E-state index contributed by atoms with van der Waals surface area (Å²) in [5.41, 5.74) is 8.18. The number of carbonyl (C=O) groups is 2. The predicted octanol–water partition coefficient (Wildman–Crippen LogP) is 3.69. The highest BCUT2D eigenvalue weighted by atomic mass is 16.7. The van der Waals surface area contributed by atoms with Gasteiger partial charge in [-0.2, -0.15) is 10.2 Å². The Kier molecular flexibility index (Phi) is 5.54. The molecule has 2 saturated carbocycles. The fourth-order valence-corrected chi connectivity index (χ4v) is 7.77. The summed E-state index contributed by atoms with van der Waals surface area (Å²) in [5.74, 6) is 6.96. The zero-order valence-corrected chi connectivity index (χ0v) is 21.7. The second-order valence-electron chi connectivity index (χ2n) is 11.2. The smallest absolute Gasteiger partial charge is 0.285 e. The minimum Gasteiger partial charge on any atom is -0.298 e. The summed E-state index contributed by atoms with van der Waals surface area (Å²) < 4.78 is 3.97. The van der Waals surface area contributed by atoms with Crippen LogP contribution in [0.15, 0.2) is 24.3 Å². The van der Waals surface area contributed by atoms with Crippen molar-refractivity contribution in [3.05, 3.63) is 69.3 Å². The summed E-state index contributed by atoms with van der Waals surface area (Å²) in [6, 6.07) is 6.79. The van der Waals surface area contributed by atoms with E-state index in [9.17, 15) is 9.59 Å². The van der Waals surface area contributed by atoms with Crippen molar-refractivity contribution in [2.45, 2.75) is 75.4 Å². The highest BCUT2D eigenvalue weighted by Gasteiger charge is 2.43. The number of aromatic nitrogens is 4. The maximum Gasteiger partial charge on any atom is 0.285 e. The third-order valence-electron chi connectivity index (χ3n) is 9.17. The number of aryl methyl sites for hydroxylation is 2. The zero-order chi connectivity index (χ0) is 26.1. The molecule has 2 N–H and O–H groups in total. The van der Waals surface area contributed by atoms with Gasteiger partial charge in [0.05, 0.1) is 22.5 Å². The molecule has 1 aromatic carbocycles. The van der Waals surface area contributed by atoms with E-state index in [2.05, 4.69) is 10.2 Å². The zero-order valence-electron chi connectivity index (χ0n) is 21.7. The van der Waals surface area contributed by atoms with E-state index in [1.54, 1.807) is 24.3 Å². The summed E-state index contributed by atoms with van der Waals surface area (Å²) in [4.78, 5) is 35.0. The molecule has 198 valence electrons. The first-order valence-corrected chi connectivity index (χ1v) is 13.5. The summed E-state index contributed by atoms with van der Waals surface area (Å²) in [6.45, 7) is 0.601. The van der Waals surface area contributed by atoms with E-state index in [0.29, 0.717) is 29.6 Å². The lowest BCUT2D eigenvalue weighted by Gasteiger charge is -2.14. The molecule has 4 unspecified atom stereocenters. The Morgan fingerprint density at radius 3 is 1.76 bits per heavy atom. The van der Waals surface area contributed by atoms with Gasteiger partial charge in [-0.3, -0.25) is 28.6 Å². The lowest BCUT2D eigenvalue weighted by atomic mass is 9.96. The molecule has 3 aromatic rings. The Morgan fingerprint density at radius 2 is 1.26 bits per heavy atom. The fraction of sp³-hybridized carbons (Fsp3) is 0.500. The van der Waals surface area contributed by atoms with Gasteiger partial charge in [-0.05, 0) is 62.5 Å². The van der Waals surface area contributed by atoms with Crippen LogP contribution in [-0.2, 0) is 37.0 Å². The Morgan fingerprint density at radius 1 is 0.789 bits per heavy atom. The molecule has 0 saturated heterocycles. The molecule has 2 amide bonds. The van der Waals surface area contributed by atoms with Crippen LogP contribution in [0, 0.1) is 0 Å². The number of hydrogen-bond acceptors (Lipinski definition) is 7. The van der Waals surface area contributed by atoms with Crippen LogP contribution in [0.4, 0.5) is 0 Å². The third kappa shape index (κ3) is 3.43. The first kappa shape index (κ1) is 23.8. The molecule has 2 fully saturated rings. The number of hydroxylamine groups is 2. The third-order valence-corrected chi connectivity index (χ3v) is 9.17. The van der Waals surface area contributed by atoms with Crippen LogP contribution in [0.25, 0.3) is 0 Å². The minimum atomic E-state index is -0.398. The Hall–Kier alpha value is -3.34. The van der Waals surface area contributed by atoms with Crippen LogP contribution in [0.2, 0.25) is 0 Å². The van der Waals surface area contributed by atoms with E-state index in [1.807, 2.05) is 23.5 Å². The second kappa shape index (κ2) is 8.86. The quantitative estimate of drug-likeness (QED) is 0.406. The van der Waals surface area contributed by atoms with Gasteiger partial charge in [0.2, 0.25) is 0 Å². The van der Waals surface area contributed by atoms with E-state index in [4.69, 9.17) is 15.6 Å². The summed E-state index contributed by atoms with van der Waals surface area (Å²) in [6.07, 6.45) is 7.60. The molecule has 5 aliphatic rings. The van der Waals surface area contributed by atoms with Gasteiger partial charge in [-0.25, -0.2) is 5.90 Å². The van der Waals surface area contributed by atoms with Gasteiger partial charge < -0.3 is 0 Å².